The van der Waals surface area contributed by atoms with Crippen LogP contribution in [-0.4, -0.2) is 46.1 Å². The van der Waals surface area contributed by atoms with E-state index in [2.05, 4.69) is 43.1 Å². The van der Waals surface area contributed by atoms with Gasteiger partial charge in [-0.05, 0) is 36.5 Å². The number of carbonyl (C=O) groups is 2. The summed E-state index contributed by atoms with van der Waals surface area (Å²) in [5, 5.41) is 5.88. The predicted octanol–water partition coefficient (Wildman–Crippen LogP) is 2.18. The molecule has 0 aliphatic heterocycles. The molecule has 160 valence electrons. The maximum Gasteiger partial charge on any atom is 0.220 e. The normalized spacial score (nSPS) is 12.7. The summed E-state index contributed by atoms with van der Waals surface area (Å²) >= 11 is 0. The largest absolute Gasteiger partial charge is 0.356 e. The molecule has 0 unspecified atom stereocenters. The van der Waals surface area contributed by atoms with Gasteiger partial charge in [0.15, 0.2) is 0 Å². The van der Waals surface area contributed by atoms with E-state index in [-0.39, 0.29) is 22.6 Å². The van der Waals surface area contributed by atoms with Crippen molar-refractivity contribution in [2.75, 3.05) is 25.9 Å². The van der Waals surface area contributed by atoms with E-state index in [1.165, 1.54) is 6.92 Å². The monoisotopic (exact) mass is 405 g/mol. The highest BCUT2D eigenvalue weighted by Gasteiger charge is 2.25. The van der Waals surface area contributed by atoms with Crippen molar-refractivity contribution in [3.8, 4) is 0 Å². The molecule has 0 aliphatic rings. The summed E-state index contributed by atoms with van der Waals surface area (Å²) < 4.78 is 24.3. The van der Waals surface area contributed by atoms with E-state index in [1.54, 1.807) is 0 Å². The van der Waals surface area contributed by atoms with Crippen LogP contribution in [0, 0.1) is 10.8 Å². The zero-order valence-electron chi connectivity index (χ0n) is 17.9. The van der Waals surface area contributed by atoms with Gasteiger partial charge in [0.2, 0.25) is 21.8 Å². The lowest BCUT2D eigenvalue weighted by Gasteiger charge is -2.31. The van der Waals surface area contributed by atoms with Crippen LogP contribution >= 0.6 is 0 Å². The summed E-state index contributed by atoms with van der Waals surface area (Å²) in [5.41, 5.74) is 0.00944. The fraction of sp³-hybridized carbons (Fsp3) is 0.895. The van der Waals surface area contributed by atoms with Gasteiger partial charge in [-0.25, -0.2) is 13.1 Å². The smallest absolute Gasteiger partial charge is 0.220 e. The highest BCUT2D eigenvalue weighted by molar-refractivity contribution is 7.88. The Kier molecular flexibility index (Phi) is 11.1. The second-order valence-corrected chi connectivity index (χ2v) is 10.8. The predicted molar refractivity (Wildman–Crippen MR) is 110 cm³/mol. The third-order valence-corrected chi connectivity index (χ3v) is 5.23. The summed E-state index contributed by atoms with van der Waals surface area (Å²) in [6.45, 7) is 11.8. The van der Waals surface area contributed by atoms with E-state index in [4.69, 9.17) is 0 Å². The lowest BCUT2D eigenvalue weighted by Crippen LogP contribution is -2.36. The Balaban J connectivity index is 3.97. The second kappa shape index (κ2) is 11.6. The zero-order chi connectivity index (χ0) is 21.1. The van der Waals surface area contributed by atoms with Crippen molar-refractivity contribution in [1.82, 2.24) is 15.4 Å². The van der Waals surface area contributed by atoms with Gasteiger partial charge >= 0.3 is 0 Å². The molecule has 0 heterocycles. The van der Waals surface area contributed by atoms with Crippen LogP contribution in [-0.2, 0) is 19.6 Å². The first-order valence-electron chi connectivity index (χ1n) is 9.68. The molecular weight excluding hydrogens is 366 g/mol. The highest BCUT2D eigenvalue weighted by Crippen LogP contribution is 2.30. The van der Waals surface area contributed by atoms with Gasteiger partial charge in [0, 0.05) is 33.0 Å². The van der Waals surface area contributed by atoms with Gasteiger partial charge in [-0.15, -0.1) is 0 Å². The van der Waals surface area contributed by atoms with Crippen LogP contribution in [0.15, 0.2) is 0 Å². The van der Waals surface area contributed by atoms with Crippen molar-refractivity contribution in [1.29, 1.82) is 0 Å². The van der Waals surface area contributed by atoms with E-state index in [0.29, 0.717) is 26.1 Å². The molecule has 3 N–H and O–H groups in total. The van der Waals surface area contributed by atoms with Crippen LogP contribution in [0.3, 0.4) is 0 Å². The summed E-state index contributed by atoms with van der Waals surface area (Å²) in [4.78, 5) is 23.1. The Bertz CT molecular complexity index is 572. The Morgan fingerprint density at radius 3 is 1.85 bits per heavy atom. The van der Waals surface area contributed by atoms with Gasteiger partial charge < -0.3 is 10.6 Å². The number of nitrogens with one attached hydrogen (secondary N) is 3. The Labute approximate surface area is 165 Å². The molecule has 7 nitrogen and oxygen atoms in total. The van der Waals surface area contributed by atoms with Crippen LogP contribution < -0.4 is 15.4 Å². The third kappa shape index (κ3) is 16.7. The number of amides is 2. The number of carbonyl (C=O) groups excluding carboxylic acids is 2. The SMILES string of the molecule is CC(=O)NCC(C)(C)CCC(C)(C)CNC(=O)CCCCCNS(C)(=O)=O. The molecule has 0 aromatic heterocycles. The molecule has 0 spiro atoms. The number of rotatable bonds is 14. The first kappa shape index (κ1) is 25.9. The van der Waals surface area contributed by atoms with Crippen LogP contribution in [0.2, 0.25) is 0 Å². The van der Waals surface area contributed by atoms with Gasteiger partial charge in [-0.1, -0.05) is 34.1 Å². The van der Waals surface area contributed by atoms with Crippen LogP contribution in [0.4, 0.5) is 0 Å². The number of sulfonamides is 1. The van der Waals surface area contributed by atoms with E-state index >= 15 is 0 Å². The van der Waals surface area contributed by atoms with E-state index in [9.17, 15) is 18.0 Å². The topological polar surface area (TPSA) is 104 Å². The molecule has 2 amide bonds. The Morgan fingerprint density at radius 1 is 0.852 bits per heavy atom. The number of unbranched alkanes of at least 4 members (excludes halogenated alkanes) is 2. The highest BCUT2D eigenvalue weighted by atomic mass is 32.2. The minimum atomic E-state index is -3.13. The van der Waals surface area contributed by atoms with Crippen molar-refractivity contribution in [3.05, 3.63) is 0 Å². The number of hydrogen-bond donors (Lipinski definition) is 3. The molecule has 0 aliphatic carbocycles. The zero-order valence-corrected chi connectivity index (χ0v) is 18.7. The van der Waals surface area contributed by atoms with E-state index < -0.39 is 10.0 Å². The maximum atomic E-state index is 12.0. The van der Waals surface area contributed by atoms with Gasteiger partial charge in [0.05, 0.1) is 6.26 Å². The van der Waals surface area contributed by atoms with Gasteiger partial charge in [0.25, 0.3) is 0 Å². The molecule has 8 heteroatoms. The molecule has 0 saturated carbocycles. The summed E-state index contributed by atoms with van der Waals surface area (Å²) in [7, 11) is -3.13. The van der Waals surface area contributed by atoms with Gasteiger partial charge in [0.1, 0.15) is 0 Å². The van der Waals surface area contributed by atoms with Crippen molar-refractivity contribution < 1.29 is 18.0 Å². The Morgan fingerprint density at radius 2 is 1.37 bits per heavy atom. The second-order valence-electron chi connectivity index (χ2n) is 8.99. The molecule has 27 heavy (non-hydrogen) atoms. The quantitative estimate of drug-likeness (QED) is 0.385. The minimum absolute atomic E-state index is 0.0114. The average molecular weight is 406 g/mol. The van der Waals surface area contributed by atoms with Crippen LogP contribution in [0.1, 0.15) is 73.1 Å². The van der Waals surface area contributed by atoms with Crippen molar-refractivity contribution in [2.45, 2.75) is 73.1 Å². The maximum absolute atomic E-state index is 12.0. The van der Waals surface area contributed by atoms with E-state index in [0.717, 1.165) is 38.4 Å². The standard InChI is InChI=1S/C19H39N3O4S/c1-16(23)20-14-18(2,3)11-12-19(4,5)15-21-17(24)10-8-7-9-13-22-27(6,25)26/h22H,7-15H2,1-6H3,(H,20,23)(H,21,24). The van der Waals surface area contributed by atoms with Crippen molar-refractivity contribution in [2.24, 2.45) is 10.8 Å². The molecule has 0 radical (unpaired) electrons. The molecule has 0 aromatic carbocycles. The first-order valence-corrected chi connectivity index (χ1v) is 11.6. The third-order valence-electron chi connectivity index (χ3n) is 4.50. The minimum Gasteiger partial charge on any atom is -0.356 e. The molecule has 0 rings (SSSR count). The fourth-order valence-electron chi connectivity index (χ4n) is 2.49. The molecule has 0 atom stereocenters. The molecule has 0 aromatic rings. The average Bonchev–Trinajstić information content (AvgIpc) is 2.52. The summed E-state index contributed by atoms with van der Waals surface area (Å²) in [6.07, 6.45) is 5.82. The lowest BCUT2D eigenvalue weighted by atomic mass is 9.79. The molecule has 0 saturated heterocycles. The first-order chi connectivity index (χ1) is 12.2. The molecule has 0 fully saturated rings. The van der Waals surface area contributed by atoms with E-state index in [1.807, 2.05) is 0 Å². The van der Waals surface area contributed by atoms with Crippen LogP contribution in [0.5, 0.6) is 0 Å². The van der Waals surface area contributed by atoms with Crippen molar-refractivity contribution >= 4 is 21.8 Å². The van der Waals surface area contributed by atoms with Crippen LogP contribution in [0.25, 0.3) is 0 Å². The molecule has 0 bridgehead atoms. The van der Waals surface area contributed by atoms with Gasteiger partial charge in [-0.3, -0.25) is 9.59 Å². The van der Waals surface area contributed by atoms with Crippen molar-refractivity contribution in [3.63, 3.8) is 0 Å². The summed E-state index contributed by atoms with van der Waals surface area (Å²) in [5.74, 6) is 0.0263. The Hall–Kier alpha value is -1.15. The summed E-state index contributed by atoms with van der Waals surface area (Å²) in [6, 6.07) is 0. The number of hydrogen-bond acceptors (Lipinski definition) is 4. The lowest BCUT2D eigenvalue weighted by molar-refractivity contribution is -0.122. The van der Waals surface area contributed by atoms with Gasteiger partial charge in [-0.2, -0.15) is 0 Å². The molecular formula is C19H39N3O4S. The fourth-order valence-corrected chi connectivity index (χ4v) is 3.00.